The maximum Gasteiger partial charge on any atom is 0.137 e. The van der Waals surface area contributed by atoms with Gasteiger partial charge in [0.2, 0.25) is 0 Å². The third kappa shape index (κ3) is 10.9. The van der Waals surface area contributed by atoms with E-state index in [0.717, 1.165) is 88.6 Å². The van der Waals surface area contributed by atoms with Crippen molar-refractivity contribution < 1.29 is 19.4 Å². The van der Waals surface area contributed by atoms with Gasteiger partial charge in [-0.2, -0.15) is 0 Å². The molecule has 0 radical (unpaired) electrons. The van der Waals surface area contributed by atoms with Crippen molar-refractivity contribution in [2.24, 2.45) is 11.8 Å². The maximum atomic E-state index is 11.3. The predicted octanol–water partition coefficient (Wildman–Crippen LogP) is 5.46. The van der Waals surface area contributed by atoms with Crippen LogP contribution in [0.5, 0.6) is 5.75 Å². The molecule has 3 aliphatic rings. The van der Waals surface area contributed by atoms with Gasteiger partial charge in [0.1, 0.15) is 17.3 Å². The first-order valence-electron chi connectivity index (χ1n) is 14.4. The normalized spacial score (nSPS) is 26.2. The zero-order valence-corrected chi connectivity index (χ0v) is 24.1. The molecule has 3 atom stereocenters. The summed E-state index contributed by atoms with van der Waals surface area (Å²) >= 11 is 0. The van der Waals surface area contributed by atoms with Gasteiger partial charge in [0.15, 0.2) is 0 Å². The summed E-state index contributed by atoms with van der Waals surface area (Å²) in [4.78, 5) is 26.0. The molecule has 0 saturated heterocycles. The fourth-order valence-electron chi connectivity index (χ4n) is 5.82. The molecule has 0 aliphatic heterocycles. The molecule has 0 spiro atoms. The first-order valence-corrected chi connectivity index (χ1v) is 14.4. The summed E-state index contributed by atoms with van der Waals surface area (Å²) in [6.07, 6.45) is 13.8. The molecule has 4 rings (SSSR count). The van der Waals surface area contributed by atoms with E-state index in [0.29, 0.717) is 23.4 Å². The zero-order valence-electron chi connectivity index (χ0n) is 24.1. The second-order valence-electron chi connectivity index (χ2n) is 11.6. The molecule has 1 aromatic carbocycles. The van der Waals surface area contributed by atoms with Crippen LogP contribution in [-0.4, -0.2) is 74.9 Å². The van der Waals surface area contributed by atoms with Crippen molar-refractivity contribution in [1.82, 2.24) is 9.80 Å². The second-order valence-corrected chi connectivity index (χ2v) is 11.6. The van der Waals surface area contributed by atoms with Crippen LogP contribution >= 0.6 is 0 Å². The highest BCUT2D eigenvalue weighted by molar-refractivity contribution is 5.81. The number of rotatable bonds is 6. The standard InChI is InChI=1S/C16H25NO2.C9H17NO.C6H10O/c1-17(2)12-14-7-4-5-10-16(14,18)13-8-6-9-15(11-13)19-3;1-10(2)7-8-5-3-4-6-9(8)11;7-6-4-2-1-3-5-6/h6,8-9,11,14,18H,4-5,7,10,12H2,1-3H3;8H,3-7H2,1-2H3;1-5H2. The Balaban J connectivity index is 0.000000224. The summed E-state index contributed by atoms with van der Waals surface area (Å²) in [5, 5.41) is 11.2. The molecule has 3 unspecified atom stereocenters. The molecular weight excluding hydrogens is 464 g/mol. The minimum Gasteiger partial charge on any atom is -0.497 e. The van der Waals surface area contributed by atoms with Crippen molar-refractivity contribution in [3.63, 3.8) is 0 Å². The summed E-state index contributed by atoms with van der Waals surface area (Å²) in [6.45, 7) is 1.87. The highest BCUT2D eigenvalue weighted by atomic mass is 16.5. The molecule has 6 heteroatoms. The van der Waals surface area contributed by atoms with Crippen molar-refractivity contribution in [2.45, 2.75) is 89.1 Å². The molecule has 3 aliphatic carbocycles. The van der Waals surface area contributed by atoms with Crippen molar-refractivity contribution in [2.75, 3.05) is 48.4 Å². The Kier molecular flexibility index (Phi) is 13.8. The number of aliphatic hydroxyl groups is 1. The number of carbonyl (C=O) groups excluding carboxylic acids is 2. The lowest BCUT2D eigenvalue weighted by Crippen LogP contribution is -2.43. The quantitative estimate of drug-likeness (QED) is 0.541. The summed E-state index contributed by atoms with van der Waals surface area (Å²) in [5.41, 5.74) is 0.287. The van der Waals surface area contributed by atoms with Crippen LogP contribution in [0.3, 0.4) is 0 Å². The largest absolute Gasteiger partial charge is 0.497 e. The minimum absolute atomic E-state index is 0.295. The first-order chi connectivity index (χ1) is 17.7. The van der Waals surface area contributed by atoms with Crippen molar-refractivity contribution >= 4 is 11.6 Å². The third-order valence-corrected chi connectivity index (χ3v) is 7.87. The van der Waals surface area contributed by atoms with Crippen molar-refractivity contribution in [1.29, 1.82) is 0 Å². The van der Waals surface area contributed by atoms with Gasteiger partial charge in [0, 0.05) is 44.2 Å². The number of methoxy groups -OCH3 is 1. The van der Waals surface area contributed by atoms with Crippen LogP contribution in [0.4, 0.5) is 0 Å². The molecular formula is C31H52N2O4. The van der Waals surface area contributed by atoms with E-state index in [1.54, 1.807) is 7.11 Å². The average molecular weight is 517 g/mol. The van der Waals surface area contributed by atoms with Crippen LogP contribution in [0.25, 0.3) is 0 Å². The molecule has 3 saturated carbocycles. The van der Waals surface area contributed by atoms with E-state index in [4.69, 9.17) is 4.74 Å². The van der Waals surface area contributed by atoms with E-state index in [9.17, 15) is 14.7 Å². The molecule has 0 amide bonds. The van der Waals surface area contributed by atoms with Crippen molar-refractivity contribution in [3.8, 4) is 5.75 Å². The van der Waals surface area contributed by atoms with Gasteiger partial charge < -0.3 is 19.6 Å². The number of benzene rings is 1. The van der Waals surface area contributed by atoms with Gasteiger partial charge in [-0.05, 0) is 84.4 Å². The fraction of sp³-hybridized carbons (Fsp3) is 0.742. The number of nitrogens with zero attached hydrogens (tertiary/aromatic N) is 2. The lowest BCUT2D eigenvalue weighted by atomic mass is 9.71. The summed E-state index contributed by atoms with van der Waals surface area (Å²) in [6, 6.07) is 7.90. The maximum absolute atomic E-state index is 11.3. The second kappa shape index (κ2) is 16.3. The van der Waals surface area contributed by atoms with E-state index >= 15 is 0 Å². The minimum atomic E-state index is -0.711. The van der Waals surface area contributed by atoms with Gasteiger partial charge in [0.25, 0.3) is 0 Å². The SMILES string of the molecule is CN(C)CC1CCCCC1=O.COc1cccc(C2(O)CCCCC2CN(C)C)c1.O=C1CCCCC1. The van der Waals surface area contributed by atoms with E-state index < -0.39 is 5.60 Å². The van der Waals surface area contributed by atoms with Gasteiger partial charge in [-0.25, -0.2) is 0 Å². The summed E-state index contributed by atoms with van der Waals surface area (Å²) < 4.78 is 5.29. The third-order valence-electron chi connectivity index (χ3n) is 7.87. The topological polar surface area (TPSA) is 70.1 Å². The molecule has 0 bridgehead atoms. The lowest BCUT2D eigenvalue weighted by molar-refractivity contribution is -0.125. The van der Waals surface area contributed by atoms with Gasteiger partial charge >= 0.3 is 0 Å². The molecule has 6 nitrogen and oxygen atoms in total. The molecule has 1 aromatic rings. The van der Waals surface area contributed by atoms with Gasteiger partial charge in [-0.15, -0.1) is 0 Å². The Bertz CT molecular complexity index is 817. The number of hydrogen-bond donors (Lipinski definition) is 1. The smallest absolute Gasteiger partial charge is 0.137 e. The first kappa shape index (κ1) is 31.5. The number of ketones is 2. The fourth-order valence-corrected chi connectivity index (χ4v) is 5.82. The van der Waals surface area contributed by atoms with Crippen LogP contribution in [-0.2, 0) is 15.2 Å². The van der Waals surface area contributed by atoms with Crippen LogP contribution in [0, 0.1) is 11.8 Å². The summed E-state index contributed by atoms with van der Waals surface area (Å²) in [7, 11) is 9.87. The highest BCUT2D eigenvalue weighted by Crippen LogP contribution is 2.42. The summed E-state index contributed by atoms with van der Waals surface area (Å²) in [5.74, 6) is 2.39. The Morgan fingerprint density at radius 1 is 0.865 bits per heavy atom. The molecule has 1 N–H and O–H groups in total. The van der Waals surface area contributed by atoms with Crippen LogP contribution in [0.2, 0.25) is 0 Å². The Morgan fingerprint density at radius 2 is 1.51 bits per heavy atom. The molecule has 37 heavy (non-hydrogen) atoms. The molecule has 210 valence electrons. The van der Waals surface area contributed by atoms with Crippen LogP contribution in [0.15, 0.2) is 24.3 Å². The Morgan fingerprint density at radius 3 is 2.08 bits per heavy atom. The van der Waals surface area contributed by atoms with Gasteiger partial charge in [-0.3, -0.25) is 9.59 Å². The van der Waals surface area contributed by atoms with E-state index in [2.05, 4.69) is 23.9 Å². The number of ether oxygens (including phenoxy) is 1. The van der Waals surface area contributed by atoms with E-state index in [-0.39, 0.29) is 0 Å². The monoisotopic (exact) mass is 516 g/mol. The Labute approximate surface area is 225 Å². The number of Topliss-reactive ketones (excluding diaryl/α,β-unsaturated/α-hetero) is 2. The predicted molar refractivity (Wildman–Crippen MR) is 151 cm³/mol. The van der Waals surface area contributed by atoms with Crippen LogP contribution in [0.1, 0.15) is 89.0 Å². The van der Waals surface area contributed by atoms with E-state index in [1.807, 2.05) is 38.4 Å². The van der Waals surface area contributed by atoms with Gasteiger partial charge in [0.05, 0.1) is 12.7 Å². The zero-order chi connectivity index (χ0) is 27.3. The van der Waals surface area contributed by atoms with Crippen molar-refractivity contribution in [3.05, 3.63) is 29.8 Å². The van der Waals surface area contributed by atoms with E-state index in [1.165, 1.54) is 19.3 Å². The molecule has 0 aromatic heterocycles. The lowest BCUT2D eigenvalue weighted by Gasteiger charge is -2.41. The Hall–Kier alpha value is -1.76. The molecule has 0 heterocycles. The van der Waals surface area contributed by atoms with Gasteiger partial charge in [-0.1, -0.05) is 37.8 Å². The number of carbonyl (C=O) groups is 2. The number of hydrogen-bond acceptors (Lipinski definition) is 6. The van der Waals surface area contributed by atoms with Crippen LogP contribution < -0.4 is 4.74 Å². The highest BCUT2D eigenvalue weighted by Gasteiger charge is 2.40. The average Bonchev–Trinajstić information content (AvgIpc) is 2.88. The molecule has 3 fully saturated rings.